The molecule has 0 atom stereocenters. The lowest BCUT2D eigenvalue weighted by molar-refractivity contribution is 0.102. The van der Waals surface area contributed by atoms with Crippen LogP contribution in [0.5, 0.6) is 0 Å². The second-order valence-corrected chi connectivity index (χ2v) is 6.71. The van der Waals surface area contributed by atoms with E-state index in [9.17, 15) is 4.79 Å². The highest BCUT2D eigenvalue weighted by molar-refractivity contribution is 6.06. The number of carbonyl (C=O) groups excluding carboxylic acids is 1. The number of carbonyl (C=O) groups is 1. The molecule has 4 aromatic rings. The fourth-order valence-electron chi connectivity index (χ4n) is 3.13. The third-order valence-electron chi connectivity index (χ3n) is 4.71. The summed E-state index contributed by atoms with van der Waals surface area (Å²) in [6, 6.07) is 17.6. The maximum absolute atomic E-state index is 12.8. The van der Waals surface area contributed by atoms with E-state index in [1.165, 1.54) is 0 Å². The zero-order valence-electron chi connectivity index (χ0n) is 15.5. The van der Waals surface area contributed by atoms with Gasteiger partial charge in [0.25, 0.3) is 5.91 Å². The van der Waals surface area contributed by atoms with E-state index < -0.39 is 0 Å². The highest BCUT2D eigenvalue weighted by Gasteiger charge is 2.14. The predicted octanol–water partition coefficient (Wildman–Crippen LogP) is 4.57. The molecule has 0 saturated carbocycles. The van der Waals surface area contributed by atoms with Gasteiger partial charge in [0.15, 0.2) is 5.65 Å². The van der Waals surface area contributed by atoms with E-state index in [0.29, 0.717) is 5.56 Å². The molecular formula is C22H20N4O. The number of hydrogen-bond donors (Lipinski definition) is 1. The Morgan fingerprint density at radius 1 is 0.963 bits per heavy atom. The average Bonchev–Trinajstić information content (AvgIpc) is 3.05. The molecule has 27 heavy (non-hydrogen) atoms. The van der Waals surface area contributed by atoms with Crippen molar-refractivity contribution >= 4 is 17.2 Å². The molecule has 0 aliphatic heterocycles. The van der Waals surface area contributed by atoms with E-state index in [1.54, 1.807) is 0 Å². The number of nitrogens with zero attached hydrogens (tertiary/aromatic N) is 3. The quantitative estimate of drug-likeness (QED) is 0.585. The van der Waals surface area contributed by atoms with E-state index in [1.807, 2.05) is 86.0 Å². The van der Waals surface area contributed by atoms with Gasteiger partial charge in [-0.05, 0) is 62.2 Å². The van der Waals surface area contributed by atoms with Crippen LogP contribution in [0.15, 0.2) is 60.8 Å². The van der Waals surface area contributed by atoms with Crippen LogP contribution in [0.2, 0.25) is 0 Å². The Labute approximate surface area is 157 Å². The summed E-state index contributed by atoms with van der Waals surface area (Å²) in [6.07, 6.45) is 1.94. The van der Waals surface area contributed by atoms with Crippen LogP contribution >= 0.6 is 0 Å². The second kappa shape index (κ2) is 6.68. The molecule has 0 radical (unpaired) electrons. The standard InChI is InChI=1S/C22H20N4O/c1-14-6-10-18(11-7-14)23-22(27)20-13-17(9-8-15(20)2)19-5-4-12-26-16(3)24-25-21(19)26/h4-13H,1-3H3,(H,23,27). The van der Waals surface area contributed by atoms with Gasteiger partial charge in [-0.25, -0.2) is 0 Å². The zero-order chi connectivity index (χ0) is 19.0. The molecule has 0 spiro atoms. The number of amides is 1. The van der Waals surface area contributed by atoms with Crippen molar-refractivity contribution in [3.8, 4) is 11.1 Å². The van der Waals surface area contributed by atoms with Gasteiger partial charge >= 0.3 is 0 Å². The minimum absolute atomic E-state index is 0.122. The van der Waals surface area contributed by atoms with Crippen LogP contribution in [0.25, 0.3) is 16.8 Å². The molecule has 0 bridgehead atoms. The van der Waals surface area contributed by atoms with Crippen LogP contribution in [-0.2, 0) is 0 Å². The van der Waals surface area contributed by atoms with Gasteiger partial charge in [-0.15, -0.1) is 10.2 Å². The minimum Gasteiger partial charge on any atom is -0.322 e. The topological polar surface area (TPSA) is 59.3 Å². The van der Waals surface area contributed by atoms with Crippen molar-refractivity contribution in [3.63, 3.8) is 0 Å². The van der Waals surface area contributed by atoms with Gasteiger partial charge in [0.05, 0.1) is 0 Å². The maximum atomic E-state index is 12.8. The Hall–Kier alpha value is -3.47. The molecular weight excluding hydrogens is 336 g/mol. The maximum Gasteiger partial charge on any atom is 0.255 e. The van der Waals surface area contributed by atoms with E-state index in [2.05, 4.69) is 15.5 Å². The number of hydrogen-bond acceptors (Lipinski definition) is 3. The molecule has 5 heteroatoms. The zero-order valence-corrected chi connectivity index (χ0v) is 15.5. The first-order chi connectivity index (χ1) is 13.0. The van der Waals surface area contributed by atoms with Gasteiger partial charge in [-0.2, -0.15) is 0 Å². The fourth-order valence-corrected chi connectivity index (χ4v) is 3.13. The summed E-state index contributed by atoms with van der Waals surface area (Å²) < 4.78 is 1.95. The average molecular weight is 356 g/mol. The molecule has 4 rings (SSSR count). The van der Waals surface area contributed by atoms with Crippen LogP contribution in [-0.4, -0.2) is 20.5 Å². The molecule has 0 aliphatic rings. The number of rotatable bonds is 3. The SMILES string of the molecule is Cc1ccc(NC(=O)c2cc(-c3cccn4c(C)nnc34)ccc2C)cc1. The van der Waals surface area contributed by atoms with Crippen LogP contribution in [0.4, 0.5) is 5.69 Å². The lowest BCUT2D eigenvalue weighted by Gasteiger charge is -2.11. The number of aryl methyl sites for hydroxylation is 3. The molecule has 134 valence electrons. The number of nitrogens with one attached hydrogen (secondary N) is 1. The summed E-state index contributed by atoms with van der Waals surface area (Å²) in [5.41, 5.74) is 6.17. The van der Waals surface area contributed by atoms with E-state index >= 15 is 0 Å². The van der Waals surface area contributed by atoms with Crippen molar-refractivity contribution in [2.75, 3.05) is 5.32 Å². The normalized spacial score (nSPS) is 10.9. The molecule has 1 N–H and O–H groups in total. The van der Waals surface area contributed by atoms with Crippen LogP contribution in [0, 0.1) is 20.8 Å². The van der Waals surface area contributed by atoms with Crippen molar-refractivity contribution in [3.05, 3.63) is 83.3 Å². The van der Waals surface area contributed by atoms with Gasteiger partial charge < -0.3 is 5.32 Å². The predicted molar refractivity (Wildman–Crippen MR) is 107 cm³/mol. The number of anilines is 1. The van der Waals surface area contributed by atoms with Gasteiger partial charge in [-0.3, -0.25) is 9.20 Å². The Morgan fingerprint density at radius 3 is 2.52 bits per heavy atom. The third kappa shape index (κ3) is 3.19. The number of fused-ring (bicyclic) bond motifs is 1. The first-order valence-corrected chi connectivity index (χ1v) is 8.82. The fraction of sp³-hybridized carbons (Fsp3) is 0.136. The van der Waals surface area contributed by atoms with Gasteiger partial charge in [0, 0.05) is 23.0 Å². The molecule has 0 aliphatic carbocycles. The molecule has 1 amide bonds. The smallest absolute Gasteiger partial charge is 0.255 e. The highest BCUT2D eigenvalue weighted by Crippen LogP contribution is 2.26. The molecule has 2 heterocycles. The van der Waals surface area contributed by atoms with Crippen molar-refractivity contribution < 1.29 is 4.79 Å². The summed E-state index contributed by atoms with van der Waals surface area (Å²) in [6.45, 7) is 5.88. The molecule has 2 aromatic heterocycles. The summed E-state index contributed by atoms with van der Waals surface area (Å²) in [7, 11) is 0. The monoisotopic (exact) mass is 356 g/mol. The van der Waals surface area contributed by atoms with Crippen molar-refractivity contribution in [1.82, 2.24) is 14.6 Å². The van der Waals surface area contributed by atoms with E-state index in [0.717, 1.165) is 39.4 Å². The lowest BCUT2D eigenvalue weighted by atomic mass is 9.99. The first kappa shape index (κ1) is 17.0. The van der Waals surface area contributed by atoms with Crippen LogP contribution < -0.4 is 5.32 Å². The second-order valence-electron chi connectivity index (χ2n) is 6.71. The summed E-state index contributed by atoms with van der Waals surface area (Å²) >= 11 is 0. The number of pyridine rings is 1. The minimum atomic E-state index is -0.122. The largest absolute Gasteiger partial charge is 0.322 e. The number of aromatic nitrogens is 3. The molecule has 0 unspecified atom stereocenters. The molecule has 0 fully saturated rings. The van der Waals surface area contributed by atoms with Gasteiger partial charge in [0.2, 0.25) is 0 Å². The van der Waals surface area contributed by atoms with Crippen molar-refractivity contribution in [1.29, 1.82) is 0 Å². The van der Waals surface area contributed by atoms with Gasteiger partial charge in [0.1, 0.15) is 5.82 Å². The molecule has 2 aromatic carbocycles. The van der Waals surface area contributed by atoms with E-state index in [-0.39, 0.29) is 5.91 Å². The summed E-state index contributed by atoms with van der Waals surface area (Å²) in [5, 5.41) is 11.4. The third-order valence-corrected chi connectivity index (χ3v) is 4.71. The Bertz CT molecular complexity index is 1140. The lowest BCUT2D eigenvalue weighted by Crippen LogP contribution is -2.13. The molecule has 5 nitrogen and oxygen atoms in total. The Morgan fingerprint density at radius 2 is 1.74 bits per heavy atom. The Balaban J connectivity index is 1.72. The number of benzene rings is 2. The van der Waals surface area contributed by atoms with Gasteiger partial charge in [-0.1, -0.05) is 29.8 Å². The van der Waals surface area contributed by atoms with Crippen molar-refractivity contribution in [2.45, 2.75) is 20.8 Å². The van der Waals surface area contributed by atoms with E-state index in [4.69, 9.17) is 0 Å². The van der Waals surface area contributed by atoms with Crippen molar-refractivity contribution in [2.24, 2.45) is 0 Å². The summed E-state index contributed by atoms with van der Waals surface area (Å²) in [5.74, 6) is 0.708. The highest BCUT2D eigenvalue weighted by atomic mass is 16.1. The van der Waals surface area contributed by atoms with Crippen LogP contribution in [0.1, 0.15) is 27.3 Å². The summed E-state index contributed by atoms with van der Waals surface area (Å²) in [4.78, 5) is 12.8. The first-order valence-electron chi connectivity index (χ1n) is 8.82. The molecule has 0 saturated heterocycles. The van der Waals surface area contributed by atoms with Crippen LogP contribution in [0.3, 0.4) is 0 Å². The Kier molecular flexibility index (Phi) is 4.20.